The molecule has 0 unspecified atom stereocenters. The van der Waals surface area contributed by atoms with Crippen LogP contribution in [0.15, 0.2) is 24.4 Å². The molecule has 1 heterocycles. The van der Waals surface area contributed by atoms with Gasteiger partial charge in [-0.15, -0.1) is 0 Å². The Balaban J connectivity index is 2.68. The lowest BCUT2D eigenvalue weighted by Gasteiger charge is -2.06. The third-order valence-corrected chi connectivity index (χ3v) is 2.48. The average molecular weight is 216 g/mol. The average Bonchev–Trinajstić information content (AvgIpc) is 2.27. The number of benzene rings is 1. The van der Waals surface area contributed by atoms with Gasteiger partial charge < -0.3 is 10.5 Å². The lowest BCUT2D eigenvalue weighted by molar-refractivity contribution is 0.1000. The number of ether oxygens (including phenoxy) is 1. The molecule has 0 spiro atoms. The van der Waals surface area contributed by atoms with Crippen molar-refractivity contribution in [2.24, 2.45) is 5.73 Å². The number of amides is 1. The highest BCUT2D eigenvalue weighted by atomic mass is 16.5. The molecule has 0 saturated heterocycles. The minimum absolute atomic E-state index is 0.401. The fourth-order valence-electron chi connectivity index (χ4n) is 1.61. The second kappa shape index (κ2) is 3.81. The van der Waals surface area contributed by atoms with Crippen LogP contribution >= 0.6 is 0 Å². The van der Waals surface area contributed by atoms with Gasteiger partial charge in [-0.25, -0.2) is 0 Å². The van der Waals surface area contributed by atoms with Gasteiger partial charge in [0, 0.05) is 11.6 Å². The van der Waals surface area contributed by atoms with Crippen molar-refractivity contribution in [3.05, 3.63) is 35.5 Å². The van der Waals surface area contributed by atoms with E-state index in [-0.39, 0.29) is 0 Å². The van der Waals surface area contributed by atoms with E-state index in [9.17, 15) is 4.79 Å². The summed E-state index contributed by atoms with van der Waals surface area (Å²) >= 11 is 0. The molecule has 1 amide bonds. The number of hydrogen-bond donors (Lipinski definition) is 1. The molecule has 0 atom stereocenters. The standard InChI is InChI=1S/C12H12N2O2/c1-7-3-10-8(5-11(7)16-2)4-9(6-14-10)12(13)15/h3-6H,1-2H3,(H2,13,15). The number of nitrogens with zero attached hydrogens (tertiary/aromatic N) is 1. The fourth-order valence-corrected chi connectivity index (χ4v) is 1.61. The van der Waals surface area contributed by atoms with Crippen LogP contribution in [0.4, 0.5) is 0 Å². The molecule has 16 heavy (non-hydrogen) atoms. The maximum Gasteiger partial charge on any atom is 0.250 e. The summed E-state index contributed by atoms with van der Waals surface area (Å²) in [5.41, 5.74) is 7.43. The van der Waals surface area contributed by atoms with Crippen molar-refractivity contribution in [1.82, 2.24) is 4.98 Å². The topological polar surface area (TPSA) is 65.2 Å². The zero-order valence-corrected chi connectivity index (χ0v) is 9.15. The molecule has 2 aromatic rings. The molecule has 0 fully saturated rings. The number of methoxy groups -OCH3 is 1. The molecule has 0 bridgehead atoms. The van der Waals surface area contributed by atoms with Crippen LogP contribution in [-0.4, -0.2) is 18.0 Å². The highest BCUT2D eigenvalue weighted by Crippen LogP contribution is 2.24. The summed E-state index contributed by atoms with van der Waals surface area (Å²) in [5, 5.41) is 0.846. The second-order valence-electron chi connectivity index (χ2n) is 3.60. The van der Waals surface area contributed by atoms with Crippen LogP contribution in [0.25, 0.3) is 10.9 Å². The van der Waals surface area contributed by atoms with Crippen molar-refractivity contribution < 1.29 is 9.53 Å². The van der Waals surface area contributed by atoms with Gasteiger partial charge in [-0.2, -0.15) is 0 Å². The Morgan fingerprint density at radius 3 is 2.75 bits per heavy atom. The lowest BCUT2D eigenvalue weighted by atomic mass is 10.1. The number of hydrogen-bond acceptors (Lipinski definition) is 3. The highest BCUT2D eigenvalue weighted by molar-refractivity contribution is 5.96. The molecule has 2 rings (SSSR count). The molecular formula is C12H12N2O2. The Kier molecular flexibility index (Phi) is 2.48. The Bertz CT molecular complexity index is 564. The molecule has 4 nitrogen and oxygen atoms in total. The zero-order chi connectivity index (χ0) is 11.7. The lowest BCUT2D eigenvalue weighted by Crippen LogP contribution is -2.11. The van der Waals surface area contributed by atoms with Crippen LogP contribution in [0, 0.1) is 6.92 Å². The van der Waals surface area contributed by atoms with E-state index in [1.807, 2.05) is 19.1 Å². The van der Waals surface area contributed by atoms with E-state index >= 15 is 0 Å². The van der Waals surface area contributed by atoms with E-state index in [1.54, 1.807) is 13.2 Å². The van der Waals surface area contributed by atoms with Crippen LogP contribution in [0.3, 0.4) is 0 Å². The van der Waals surface area contributed by atoms with E-state index in [0.717, 1.165) is 22.2 Å². The first-order valence-corrected chi connectivity index (χ1v) is 4.86. The molecule has 2 N–H and O–H groups in total. The largest absolute Gasteiger partial charge is 0.496 e. The highest BCUT2D eigenvalue weighted by Gasteiger charge is 2.06. The van der Waals surface area contributed by atoms with E-state index in [2.05, 4.69) is 4.98 Å². The molecule has 0 radical (unpaired) electrons. The van der Waals surface area contributed by atoms with E-state index in [0.29, 0.717) is 5.56 Å². The van der Waals surface area contributed by atoms with Crippen LogP contribution in [0.1, 0.15) is 15.9 Å². The number of nitrogens with two attached hydrogens (primary N) is 1. The van der Waals surface area contributed by atoms with Crippen LogP contribution in [0.5, 0.6) is 5.75 Å². The van der Waals surface area contributed by atoms with Crippen molar-refractivity contribution in [3.8, 4) is 5.75 Å². The van der Waals surface area contributed by atoms with Crippen molar-refractivity contribution in [2.45, 2.75) is 6.92 Å². The SMILES string of the molecule is COc1cc2cc(C(N)=O)cnc2cc1C. The number of rotatable bonds is 2. The summed E-state index contributed by atoms with van der Waals surface area (Å²) in [6.07, 6.45) is 1.48. The first-order valence-electron chi connectivity index (χ1n) is 4.86. The van der Waals surface area contributed by atoms with Gasteiger partial charge >= 0.3 is 0 Å². The molecule has 82 valence electrons. The number of carbonyl (C=O) groups excluding carboxylic acids is 1. The minimum Gasteiger partial charge on any atom is -0.496 e. The van der Waals surface area contributed by atoms with Crippen molar-refractivity contribution in [1.29, 1.82) is 0 Å². The molecular weight excluding hydrogens is 204 g/mol. The third-order valence-electron chi connectivity index (χ3n) is 2.48. The van der Waals surface area contributed by atoms with Gasteiger partial charge in [0.25, 0.3) is 0 Å². The maximum absolute atomic E-state index is 11.0. The predicted molar refractivity (Wildman–Crippen MR) is 61.5 cm³/mol. The Hall–Kier alpha value is -2.10. The summed E-state index contributed by atoms with van der Waals surface area (Å²) in [6.45, 7) is 1.95. The molecule has 0 saturated carbocycles. The molecule has 4 heteroatoms. The van der Waals surface area contributed by atoms with E-state index in [4.69, 9.17) is 10.5 Å². The minimum atomic E-state index is -0.478. The second-order valence-corrected chi connectivity index (χ2v) is 3.60. The number of aryl methyl sites for hydroxylation is 1. The van der Waals surface area contributed by atoms with Gasteiger partial charge in [-0.3, -0.25) is 9.78 Å². The number of pyridine rings is 1. The molecule has 0 aliphatic heterocycles. The Morgan fingerprint density at radius 1 is 1.38 bits per heavy atom. The third kappa shape index (κ3) is 1.69. The van der Waals surface area contributed by atoms with Crippen molar-refractivity contribution in [3.63, 3.8) is 0 Å². The smallest absolute Gasteiger partial charge is 0.250 e. The quantitative estimate of drug-likeness (QED) is 0.830. The first-order chi connectivity index (χ1) is 7.61. The van der Waals surface area contributed by atoms with E-state index in [1.165, 1.54) is 6.20 Å². The zero-order valence-electron chi connectivity index (χ0n) is 9.15. The normalized spacial score (nSPS) is 10.4. The molecule has 0 aliphatic rings. The van der Waals surface area contributed by atoms with Gasteiger partial charge in [0.1, 0.15) is 5.75 Å². The Morgan fingerprint density at radius 2 is 2.12 bits per heavy atom. The number of aromatic nitrogens is 1. The van der Waals surface area contributed by atoms with Gasteiger partial charge in [0.2, 0.25) is 5.91 Å². The number of primary amides is 1. The summed E-state index contributed by atoms with van der Waals surface area (Å²) < 4.78 is 5.21. The van der Waals surface area contributed by atoms with Crippen molar-refractivity contribution >= 4 is 16.8 Å². The maximum atomic E-state index is 11.0. The van der Waals surface area contributed by atoms with Crippen molar-refractivity contribution in [2.75, 3.05) is 7.11 Å². The number of carbonyl (C=O) groups is 1. The number of fused-ring (bicyclic) bond motifs is 1. The summed E-state index contributed by atoms with van der Waals surface area (Å²) in [7, 11) is 1.61. The molecule has 1 aromatic carbocycles. The summed E-state index contributed by atoms with van der Waals surface area (Å²) in [6, 6.07) is 5.48. The molecule has 0 aliphatic carbocycles. The summed E-state index contributed by atoms with van der Waals surface area (Å²) in [5.74, 6) is 0.296. The Labute approximate surface area is 93.0 Å². The van der Waals surface area contributed by atoms with Gasteiger partial charge in [-0.1, -0.05) is 0 Å². The summed E-state index contributed by atoms with van der Waals surface area (Å²) in [4.78, 5) is 15.2. The monoisotopic (exact) mass is 216 g/mol. The van der Waals surface area contributed by atoms with Crippen LogP contribution < -0.4 is 10.5 Å². The van der Waals surface area contributed by atoms with Crippen LogP contribution in [-0.2, 0) is 0 Å². The first kappa shape index (κ1) is 10.4. The van der Waals surface area contributed by atoms with Gasteiger partial charge in [-0.05, 0) is 30.7 Å². The van der Waals surface area contributed by atoms with Gasteiger partial charge in [0.15, 0.2) is 0 Å². The fraction of sp³-hybridized carbons (Fsp3) is 0.167. The van der Waals surface area contributed by atoms with E-state index < -0.39 is 5.91 Å². The van der Waals surface area contributed by atoms with Gasteiger partial charge in [0.05, 0.1) is 18.2 Å². The predicted octanol–water partition coefficient (Wildman–Crippen LogP) is 1.65. The molecule has 1 aromatic heterocycles. The van der Waals surface area contributed by atoms with Crippen LogP contribution in [0.2, 0.25) is 0 Å².